The second kappa shape index (κ2) is 12.2. The number of hydrogen-bond donors (Lipinski definition) is 1. The normalized spacial score (nSPS) is 12.6. The van der Waals surface area contributed by atoms with Crippen LogP contribution in [-0.4, -0.2) is 29.7 Å². The number of aryl methyl sites for hydroxylation is 1. The van der Waals surface area contributed by atoms with Crippen LogP contribution in [0.15, 0.2) is 91.1 Å². The summed E-state index contributed by atoms with van der Waals surface area (Å²) in [6.45, 7) is -0.558. The average molecular weight is 631 g/mol. The third-order valence-corrected chi connectivity index (χ3v) is 6.73. The van der Waals surface area contributed by atoms with Gasteiger partial charge in [0.15, 0.2) is 0 Å². The number of carbonyl (C=O) groups is 1. The van der Waals surface area contributed by atoms with Crippen molar-refractivity contribution in [2.75, 3.05) is 6.54 Å². The number of hydrogen-bond acceptors (Lipinski definition) is 3. The maximum Gasteiger partial charge on any atom is 0.573 e. The number of alkyl halides is 9. The van der Waals surface area contributed by atoms with Gasteiger partial charge in [-0.25, -0.2) is 0 Å². The molecule has 0 unspecified atom stereocenters. The number of aromatic nitrogens is 1. The highest BCUT2D eigenvalue weighted by molar-refractivity contribution is 5.95. The Labute approximate surface area is 244 Å². The molecule has 0 aliphatic heterocycles. The van der Waals surface area contributed by atoms with E-state index in [0.717, 1.165) is 43.6 Å². The van der Waals surface area contributed by atoms with E-state index in [0.29, 0.717) is 10.1 Å². The second-order valence-electron chi connectivity index (χ2n) is 9.77. The maximum absolute atomic E-state index is 13.7. The van der Waals surface area contributed by atoms with Gasteiger partial charge in [-0.3, -0.25) is 4.79 Å². The number of ether oxygens (including phenoxy) is 2. The molecule has 0 bridgehead atoms. The Hall–Kier alpha value is -4.62. The van der Waals surface area contributed by atoms with Gasteiger partial charge in [0.2, 0.25) is 0 Å². The molecular weight excluding hydrogens is 607 g/mol. The van der Waals surface area contributed by atoms with Gasteiger partial charge >= 0.3 is 18.9 Å². The monoisotopic (exact) mass is 630 g/mol. The average Bonchev–Trinajstić information content (AvgIpc) is 3.32. The molecule has 0 spiro atoms. The van der Waals surface area contributed by atoms with Crippen molar-refractivity contribution in [3.63, 3.8) is 0 Å². The molecule has 4 rings (SSSR count). The Morgan fingerprint density at radius 2 is 1.25 bits per heavy atom. The van der Waals surface area contributed by atoms with E-state index in [1.165, 1.54) is 24.3 Å². The minimum absolute atomic E-state index is 0.0525. The molecule has 234 valence electrons. The highest BCUT2D eigenvalue weighted by atomic mass is 19.4. The molecule has 0 atom stereocenters. The van der Waals surface area contributed by atoms with Crippen molar-refractivity contribution in [2.24, 2.45) is 7.05 Å². The first-order chi connectivity index (χ1) is 20.5. The molecule has 0 saturated heterocycles. The predicted molar refractivity (Wildman–Crippen MR) is 140 cm³/mol. The molecule has 0 fully saturated rings. The van der Waals surface area contributed by atoms with Gasteiger partial charge in [-0.15, -0.1) is 26.3 Å². The van der Waals surface area contributed by atoms with Crippen LogP contribution in [0.3, 0.4) is 0 Å². The van der Waals surface area contributed by atoms with Gasteiger partial charge in [0.05, 0.1) is 5.56 Å². The maximum atomic E-state index is 13.7. The van der Waals surface area contributed by atoms with Gasteiger partial charge in [0, 0.05) is 25.2 Å². The lowest BCUT2D eigenvalue weighted by molar-refractivity contribution is -0.275. The van der Waals surface area contributed by atoms with Crippen LogP contribution < -0.4 is 14.8 Å². The summed E-state index contributed by atoms with van der Waals surface area (Å²) in [6, 6.07) is 18.4. The van der Waals surface area contributed by atoms with Crippen molar-refractivity contribution in [3.05, 3.63) is 119 Å². The standard InChI is InChI=1S/C30H23F9N2O3/c1-41-14-13-24(25(41)28(31,32)33)26(42)40-18-27(17-19-7-3-2-4-8-19,20-9-5-11-22(15-20)43-29(34,35)36)21-10-6-12-23(16-21)44-30(37,38)39/h2-16H,17-18H2,1H3,(H,40,42). The lowest BCUT2D eigenvalue weighted by Gasteiger charge is -2.36. The topological polar surface area (TPSA) is 52.5 Å². The molecule has 14 heteroatoms. The van der Waals surface area contributed by atoms with Crippen LogP contribution in [0.2, 0.25) is 0 Å². The first-order valence-corrected chi connectivity index (χ1v) is 12.7. The van der Waals surface area contributed by atoms with Crippen LogP contribution in [0.1, 0.15) is 32.7 Å². The molecule has 5 nitrogen and oxygen atoms in total. The van der Waals surface area contributed by atoms with Crippen LogP contribution in [0.25, 0.3) is 0 Å². The third-order valence-electron chi connectivity index (χ3n) is 6.73. The zero-order valence-corrected chi connectivity index (χ0v) is 22.6. The van der Waals surface area contributed by atoms with Gasteiger partial charge in [0.1, 0.15) is 17.2 Å². The van der Waals surface area contributed by atoms with Crippen molar-refractivity contribution in [1.29, 1.82) is 0 Å². The number of halogens is 9. The first-order valence-electron chi connectivity index (χ1n) is 12.7. The summed E-state index contributed by atoms with van der Waals surface area (Å²) in [6.07, 6.45) is -14.2. The number of rotatable bonds is 9. The summed E-state index contributed by atoms with van der Waals surface area (Å²) in [4.78, 5) is 13.2. The lowest BCUT2D eigenvalue weighted by Crippen LogP contribution is -2.44. The molecular formula is C30H23F9N2O3. The Balaban J connectivity index is 1.90. The van der Waals surface area contributed by atoms with Gasteiger partial charge in [-0.1, -0.05) is 54.6 Å². The summed E-state index contributed by atoms with van der Waals surface area (Å²) in [5, 5.41) is 2.44. The Morgan fingerprint density at radius 1 is 0.727 bits per heavy atom. The fourth-order valence-electron chi connectivity index (χ4n) is 4.96. The molecule has 1 amide bonds. The molecule has 1 aromatic heterocycles. The quantitative estimate of drug-likeness (QED) is 0.192. The summed E-state index contributed by atoms with van der Waals surface area (Å²) in [7, 11) is 1.09. The molecule has 0 aliphatic rings. The molecule has 1 N–H and O–H groups in total. The zero-order valence-electron chi connectivity index (χ0n) is 22.6. The van der Waals surface area contributed by atoms with Gasteiger partial charge < -0.3 is 19.4 Å². The van der Waals surface area contributed by atoms with E-state index in [-0.39, 0.29) is 17.5 Å². The molecule has 1 heterocycles. The van der Waals surface area contributed by atoms with Crippen LogP contribution in [0.5, 0.6) is 11.5 Å². The Kier molecular flexibility index (Phi) is 8.93. The molecule has 0 aliphatic carbocycles. The fraction of sp³-hybridized carbons (Fsp3) is 0.233. The van der Waals surface area contributed by atoms with Crippen LogP contribution in [0, 0.1) is 0 Å². The Morgan fingerprint density at radius 3 is 1.73 bits per heavy atom. The van der Waals surface area contributed by atoms with Gasteiger partial charge in [-0.05, 0) is 53.4 Å². The third kappa shape index (κ3) is 7.85. The van der Waals surface area contributed by atoms with Crippen LogP contribution >= 0.6 is 0 Å². The minimum Gasteiger partial charge on any atom is -0.406 e. The van der Waals surface area contributed by atoms with E-state index in [1.807, 2.05) is 0 Å². The largest absolute Gasteiger partial charge is 0.573 e. The number of amides is 1. The highest BCUT2D eigenvalue weighted by Crippen LogP contribution is 2.40. The molecule has 44 heavy (non-hydrogen) atoms. The number of benzene rings is 3. The van der Waals surface area contributed by atoms with Crippen LogP contribution in [0.4, 0.5) is 39.5 Å². The van der Waals surface area contributed by atoms with E-state index in [4.69, 9.17) is 0 Å². The van der Waals surface area contributed by atoms with E-state index < -0.39 is 59.5 Å². The molecule has 0 radical (unpaired) electrons. The highest BCUT2D eigenvalue weighted by Gasteiger charge is 2.41. The van der Waals surface area contributed by atoms with Crippen molar-refractivity contribution in [1.82, 2.24) is 9.88 Å². The van der Waals surface area contributed by atoms with E-state index in [2.05, 4.69) is 14.8 Å². The molecule has 3 aromatic carbocycles. The van der Waals surface area contributed by atoms with Gasteiger partial charge in [0.25, 0.3) is 5.91 Å². The number of nitrogens with zero attached hydrogens (tertiary/aromatic N) is 1. The van der Waals surface area contributed by atoms with Crippen molar-refractivity contribution in [2.45, 2.75) is 30.7 Å². The van der Waals surface area contributed by atoms with Crippen molar-refractivity contribution < 1.29 is 53.8 Å². The number of carbonyl (C=O) groups excluding carboxylic acids is 1. The molecule has 4 aromatic rings. The predicted octanol–water partition coefficient (Wildman–Crippen LogP) is 7.80. The SMILES string of the molecule is Cn1ccc(C(=O)NCC(Cc2ccccc2)(c2cccc(OC(F)(F)F)c2)c2cccc(OC(F)(F)F)c2)c1C(F)(F)F. The smallest absolute Gasteiger partial charge is 0.406 e. The Bertz CT molecular complexity index is 1530. The summed E-state index contributed by atoms with van der Waals surface area (Å²) >= 11 is 0. The van der Waals surface area contributed by atoms with E-state index >= 15 is 0 Å². The molecule has 0 saturated carbocycles. The van der Waals surface area contributed by atoms with E-state index in [9.17, 15) is 44.3 Å². The van der Waals surface area contributed by atoms with Crippen LogP contribution in [-0.2, 0) is 25.1 Å². The zero-order chi connectivity index (χ0) is 32.3. The second-order valence-corrected chi connectivity index (χ2v) is 9.77. The van der Waals surface area contributed by atoms with Crippen molar-refractivity contribution in [3.8, 4) is 11.5 Å². The lowest BCUT2D eigenvalue weighted by atomic mass is 9.70. The summed E-state index contributed by atoms with van der Waals surface area (Å²) in [5.41, 5.74) is -2.98. The van der Waals surface area contributed by atoms with Gasteiger partial charge in [-0.2, -0.15) is 13.2 Å². The van der Waals surface area contributed by atoms with Crippen molar-refractivity contribution >= 4 is 5.91 Å². The summed E-state index contributed by atoms with van der Waals surface area (Å²) < 4.78 is 129. The fourth-order valence-corrected chi connectivity index (χ4v) is 4.96. The van der Waals surface area contributed by atoms with E-state index in [1.54, 1.807) is 30.3 Å². The number of nitrogens with one attached hydrogen (secondary N) is 1. The summed E-state index contributed by atoms with van der Waals surface area (Å²) in [5.74, 6) is -2.49. The first kappa shape index (κ1) is 32.3. The minimum atomic E-state index is -5.09.